The van der Waals surface area contributed by atoms with Gasteiger partial charge < -0.3 is 20.3 Å². The Morgan fingerprint density at radius 2 is 2.00 bits per heavy atom. The maximum absolute atomic E-state index is 11.5. The van der Waals surface area contributed by atoms with Crippen molar-refractivity contribution in [2.45, 2.75) is 19.3 Å². The number of rotatable bonds is 6. The fourth-order valence-electron chi connectivity index (χ4n) is 3.45. The Hall–Kier alpha value is -2.83. The lowest BCUT2D eigenvalue weighted by molar-refractivity contribution is -0.123. The van der Waals surface area contributed by atoms with Gasteiger partial charge in [-0.15, -0.1) is 0 Å². The molecule has 27 heavy (non-hydrogen) atoms. The van der Waals surface area contributed by atoms with E-state index in [9.17, 15) is 9.59 Å². The molecule has 0 aliphatic carbocycles. The topological polar surface area (TPSA) is 83.6 Å². The van der Waals surface area contributed by atoms with Crippen molar-refractivity contribution in [3.8, 4) is 0 Å². The van der Waals surface area contributed by atoms with E-state index in [0.29, 0.717) is 12.5 Å². The monoisotopic (exact) mass is 370 g/mol. The highest BCUT2D eigenvalue weighted by Gasteiger charge is 2.20. The van der Waals surface area contributed by atoms with Gasteiger partial charge in [-0.2, -0.15) is 0 Å². The Morgan fingerprint density at radius 1 is 1.22 bits per heavy atom. The van der Waals surface area contributed by atoms with Gasteiger partial charge in [0.1, 0.15) is 0 Å². The number of carbonyl (C=O) groups excluding carboxylic acids is 2. The molecule has 144 valence electrons. The van der Waals surface area contributed by atoms with Crippen LogP contribution in [0.2, 0.25) is 0 Å². The van der Waals surface area contributed by atoms with Gasteiger partial charge in [0, 0.05) is 44.0 Å². The number of carbonyl (C=O) groups is 2. The highest BCUT2D eigenvalue weighted by atomic mass is 16.6. The van der Waals surface area contributed by atoms with Crippen LogP contribution in [0.1, 0.15) is 19.3 Å². The summed E-state index contributed by atoms with van der Waals surface area (Å²) in [4.78, 5) is 29.4. The molecule has 1 aliphatic heterocycles. The van der Waals surface area contributed by atoms with Crippen molar-refractivity contribution in [3.63, 3.8) is 0 Å². The number of para-hydroxylation sites is 1. The van der Waals surface area contributed by atoms with Gasteiger partial charge in [0.25, 0.3) is 5.91 Å². The molecule has 1 aromatic heterocycles. The molecule has 3 rings (SSSR count). The summed E-state index contributed by atoms with van der Waals surface area (Å²) in [5.41, 5.74) is 2.27. The van der Waals surface area contributed by atoms with Crippen LogP contribution < -0.4 is 15.5 Å². The standard InChI is InChI=1S/C20H26N4O3/c1-21-19(25)14-27-20(26)23-10-6-15-8-12-24(13-9-15)18-7-11-22-17-5-3-2-4-16(17)18/h2-5,7,11,15H,6,8-10,12-14H2,1H3,(H,21,25)(H,23,26). The zero-order valence-electron chi connectivity index (χ0n) is 15.6. The van der Waals surface area contributed by atoms with Crippen molar-refractivity contribution in [2.24, 2.45) is 5.92 Å². The molecule has 2 heterocycles. The number of fused-ring (bicyclic) bond motifs is 1. The quantitative estimate of drug-likeness (QED) is 0.815. The van der Waals surface area contributed by atoms with Gasteiger partial charge >= 0.3 is 6.09 Å². The van der Waals surface area contributed by atoms with E-state index in [1.165, 1.54) is 18.1 Å². The van der Waals surface area contributed by atoms with Gasteiger partial charge in [0.15, 0.2) is 6.61 Å². The van der Waals surface area contributed by atoms with E-state index in [4.69, 9.17) is 4.74 Å². The van der Waals surface area contributed by atoms with Gasteiger partial charge in [-0.3, -0.25) is 9.78 Å². The zero-order valence-corrected chi connectivity index (χ0v) is 15.6. The van der Waals surface area contributed by atoms with Crippen molar-refractivity contribution < 1.29 is 14.3 Å². The first-order valence-electron chi connectivity index (χ1n) is 9.37. The Labute approximate surface area is 159 Å². The van der Waals surface area contributed by atoms with E-state index in [0.717, 1.165) is 37.9 Å². The third-order valence-corrected chi connectivity index (χ3v) is 5.02. The fraction of sp³-hybridized carbons (Fsp3) is 0.450. The summed E-state index contributed by atoms with van der Waals surface area (Å²) in [6.45, 7) is 2.32. The van der Waals surface area contributed by atoms with E-state index in [-0.39, 0.29) is 12.5 Å². The third kappa shape index (κ3) is 5.09. The summed E-state index contributed by atoms with van der Waals surface area (Å²) in [5.74, 6) is 0.259. The van der Waals surface area contributed by atoms with Crippen molar-refractivity contribution in [1.29, 1.82) is 0 Å². The van der Waals surface area contributed by atoms with Crippen LogP contribution in [-0.4, -0.2) is 50.3 Å². The average Bonchev–Trinajstić information content (AvgIpc) is 2.72. The van der Waals surface area contributed by atoms with Gasteiger partial charge in [0.2, 0.25) is 0 Å². The summed E-state index contributed by atoms with van der Waals surface area (Å²) >= 11 is 0. The predicted molar refractivity (Wildman–Crippen MR) is 105 cm³/mol. The van der Waals surface area contributed by atoms with Gasteiger partial charge in [-0.25, -0.2) is 4.79 Å². The second kappa shape index (κ2) is 9.21. The smallest absolute Gasteiger partial charge is 0.407 e. The number of amides is 2. The Kier molecular flexibility index (Phi) is 6.46. The minimum absolute atomic E-state index is 0.249. The number of benzene rings is 1. The number of hydrogen-bond donors (Lipinski definition) is 2. The van der Waals surface area contributed by atoms with Gasteiger partial charge in [0.05, 0.1) is 5.52 Å². The number of ether oxygens (including phenoxy) is 1. The van der Waals surface area contributed by atoms with Crippen molar-refractivity contribution in [3.05, 3.63) is 36.5 Å². The van der Waals surface area contributed by atoms with E-state index in [1.807, 2.05) is 18.3 Å². The van der Waals surface area contributed by atoms with Crippen LogP contribution in [0, 0.1) is 5.92 Å². The first kappa shape index (κ1) is 18.9. The maximum Gasteiger partial charge on any atom is 0.407 e. The van der Waals surface area contributed by atoms with E-state index >= 15 is 0 Å². The normalized spacial score (nSPS) is 14.8. The molecule has 0 saturated carbocycles. The largest absolute Gasteiger partial charge is 0.439 e. The van der Waals surface area contributed by atoms with E-state index in [1.54, 1.807) is 0 Å². The van der Waals surface area contributed by atoms with E-state index in [2.05, 4.69) is 38.7 Å². The van der Waals surface area contributed by atoms with Gasteiger partial charge in [-0.1, -0.05) is 18.2 Å². The summed E-state index contributed by atoms with van der Waals surface area (Å²) in [5, 5.41) is 6.31. The minimum Gasteiger partial charge on any atom is -0.439 e. The Bertz CT molecular complexity index is 782. The van der Waals surface area contributed by atoms with Crippen LogP contribution >= 0.6 is 0 Å². The number of anilines is 1. The van der Waals surface area contributed by atoms with Crippen LogP contribution in [0.3, 0.4) is 0 Å². The van der Waals surface area contributed by atoms with Crippen LogP contribution in [0.15, 0.2) is 36.5 Å². The maximum atomic E-state index is 11.5. The number of nitrogens with one attached hydrogen (secondary N) is 2. The minimum atomic E-state index is -0.542. The third-order valence-electron chi connectivity index (χ3n) is 5.02. The lowest BCUT2D eigenvalue weighted by Gasteiger charge is -2.34. The number of alkyl carbamates (subject to hydrolysis) is 1. The van der Waals surface area contributed by atoms with Crippen LogP contribution in [0.25, 0.3) is 10.9 Å². The lowest BCUT2D eigenvalue weighted by Crippen LogP contribution is -2.36. The van der Waals surface area contributed by atoms with Crippen molar-refractivity contribution in [2.75, 3.05) is 38.2 Å². The first-order valence-corrected chi connectivity index (χ1v) is 9.37. The molecule has 2 amide bonds. The number of piperidine rings is 1. The Balaban J connectivity index is 1.43. The lowest BCUT2D eigenvalue weighted by atomic mass is 9.93. The second-order valence-corrected chi connectivity index (χ2v) is 6.74. The fourth-order valence-corrected chi connectivity index (χ4v) is 3.45. The predicted octanol–water partition coefficient (Wildman–Crippen LogP) is 2.31. The van der Waals surface area contributed by atoms with Crippen molar-refractivity contribution in [1.82, 2.24) is 15.6 Å². The number of likely N-dealkylation sites (N-methyl/N-ethyl adjacent to an activating group) is 1. The first-order chi connectivity index (χ1) is 13.2. The number of hydrogen-bond acceptors (Lipinski definition) is 5. The molecule has 2 N–H and O–H groups in total. The molecule has 7 heteroatoms. The van der Waals surface area contributed by atoms with Crippen LogP contribution in [0.5, 0.6) is 0 Å². The molecule has 7 nitrogen and oxygen atoms in total. The molecule has 0 spiro atoms. The molecule has 1 aromatic carbocycles. The molecular formula is C20H26N4O3. The van der Waals surface area contributed by atoms with Crippen LogP contribution in [-0.2, 0) is 9.53 Å². The number of nitrogens with zero attached hydrogens (tertiary/aromatic N) is 2. The molecule has 0 atom stereocenters. The summed E-state index contributed by atoms with van der Waals surface area (Å²) < 4.78 is 4.82. The highest BCUT2D eigenvalue weighted by molar-refractivity contribution is 5.91. The molecule has 2 aromatic rings. The molecule has 0 bridgehead atoms. The molecule has 0 radical (unpaired) electrons. The van der Waals surface area contributed by atoms with Crippen LogP contribution in [0.4, 0.5) is 10.5 Å². The second-order valence-electron chi connectivity index (χ2n) is 6.74. The number of aromatic nitrogens is 1. The summed E-state index contributed by atoms with van der Waals surface area (Å²) in [6, 6.07) is 10.3. The van der Waals surface area contributed by atoms with Crippen molar-refractivity contribution >= 4 is 28.6 Å². The van der Waals surface area contributed by atoms with Gasteiger partial charge in [-0.05, 0) is 37.3 Å². The highest BCUT2D eigenvalue weighted by Crippen LogP contribution is 2.29. The van der Waals surface area contributed by atoms with E-state index < -0.39 is 6.09 Å². The summed E-state index contributed by atoms with van der Waals surface area (Å²) in [7, 11) is 1.50. The molecule has 1 saturated heterocycles. The summed E-state index contributed by atoms with van der Waals surface area (Å²) in [6.07, 6.45) is 4.43. The number of pyridine rings is 1. The Morgan fingerprint density at radius 3 is 2.78 bits per heavy atom. The SMILES string of the molecule is CNC(=O)COC(=O)NCCC1CCN(c2ccnc3ccccc23)CC1. The molecule has 0 unspecified atom stereocenters. The zero-order chi connectivity index (χ0) is 19.1. The molecule has 1 aliphatic rings. The average molecular weight is 370 g/mol. The molecule has 1 fully saturated rings. The molecular weight excluding hydrogens is 344 g/mol.